The quantitative estimate of drug-likeness (QED) is 0.231. The lowest BCUT2D eigenvalue weighted by Gasteiger charge is -2.35. The number of aliphatic hydroxyl groups excluding tert-OH is 1. The van der Waals surface area contributed by atoms with Crippen LogP contribution in [0.4, 0.5) is 0 Å². The minimum atomic E-state index is -0.449. The van der Waals surface area contributed by atoms with Gasteiger partial charge in [-0.2, -0.15) is 0 Å². The second-order valence-corrected chi connectivity index (χ2v) is 9.02. The zero-order chi connectivity index (χ0) is 21.4. The maximum atomic E-state index is 11.4. The molecule has 29 heavy (non-hydrogen) atoms. The molecule has 2 aliphatic rings. The molecule has 0 aromatic heterocycles. The van der Waals surface area contributed by atoms with Gasteiger partial charge in [0, 0.05) is 18.1 Å². The standard InChI is InChI=1S/C25H36O4/c1-18(10-12-22-19(2)8-6-14-25(22,3)4)7-5-9-20(16-26)11-13-23-21(17-27)15-24(28)29-23/h7,11,15-16,23,27H,5-6,8-10,12-14,17H2,1-4H3/b18-7+,20-11+. The van der Waals surface area contributed by atoms with Gasteiger partial charge in [0.25, 0.3) is 0 Å². The van der Waals surface area contributed by atoms with E-state index in [9.17, 15) is 14.7 Å². The Hall–Kier alpha value is -1.94. The van der Waals surface area contributed by atoms with E-state index in [2.05, 4.69) is 33.8 Å². The summed E-state index contributed by atoms with van der Waals surface area (Å²) in [5.41, 5.74) is 6.17. The van der Waals surface area contributed by atoms with Gasteiger partial charge in [-0.3, -0.25) is 4.79 Å². The van der Waals surface area contributed by atoms with Crippen LogP contribution in [0.25, 0.3) is 0 Å². The van der Waals surface area contributed by atoms with Crippen molar-refractivity contribution in [2.45, 2.75) is 85.2 Å². The van der Waals surface area contributed by atoms with Crippen LogP contribution in [-0.2, 0) is 14.3 Å². The lowest BCUT2D eigenvalue weighted by Crippen LogP contribution is -2.20. The molecule has 0 fully saturated rings. The van der Waals surface area contributed by atoms with Crippen LogP contribution in [0.1, 0.15) is 79.1 Å². The van der Waals surface area contributed by atoms with Crippen molar-refractivity contribution in [2.75, 3.05) is 6.61 Å². The molecule has 1 heterocycles. The van der Waals surface area contributed by atoms with Crippen LogP contribution in [0.2, 0.25) is 0 Å². The molecule has 1 aliphatic heterocycles. The van der Waals surface area contributed by atoms with E-state index in [4.69, 9.17) is 4.74 Å². The van der Waals surface area contributed by atoms with Gasteiger partial charge in [-0.1, -0.05) is 42.7 Å². The van der Waals surface area contributed by atoms with E-state index in [-0.39, 0.29) is 6.61 Å². The lowest BCUT2D eigenvalue weighted by molar-refractivity contribution is -0.138. The van der Waals surface area contributed by atoms with Crippen LogP contribution in [0.15, 0.2) is 46.1 Å². The van der Waals surface area contributed by atoms with Crippen LogP contribution in [0.3, 0.4) is 0 Å². The van der Waals surface area contributed by atoms with E-state index >= 15 is 0 Å². The summed E-state index contributed by atoms with van der Waals surface area (Å²) < 4.78 is 5.15. The molecule has 1 aliphatic carbocycles. The third-order valence-corrected chi connectivity index (χ3v) is 6.28. The first-order valence-electron chi connectivity index (χ1n) is 10.8. The fourth-order valence-electron chi connectivity index (χ4n) is 4.44. The largest absolute Gasteiger partial charge is 0.454 e. The van der Waals surface area contributed by atoms with E-state index < -0.39 is 12.1 Å². The van der Waals surface area contributed by atoms with Crippen LogP contribution in [-0.4, -0.2) is 30.1 Å². The Morgan fingerprint density at radius 3 is 2.72 bits per heavy atom. The topological polar surface area (TPSA) is 63.6 Å². The van der Waals surface area contributed by atoms with E-state index in [0.29, 0.717) is 29.4 Å². The van der Waals surface area contributed by atoms with Crippen molar-refractivity contribution in [1.82, 2.24) is 0 Å². The minimum Gasteiger partial charge on any atom is -0.454 e. The maximum absolute atomic E-state index is 11.4. The first-order chi connectivity index (χ1) is 13.8. The first kappa shape index (κ1) is 23.3. The Kier molecular flexibility index (Phi) is 8.63. The number of cyclic esters (lactones) is 1. The Balaban J connectivity index is 1.83. The number of esters is 1. The second-order valence-electron chi connectivity index (χ2n) is 9.02. The third kappa shape index (κ3) is 6.81. The number of rotatable bonds is 10. The summed E-state index contributed by atoms with van der Waals surface area (Å²) in [7, 11) is 0. The number of aliphatic hydroxyl groups is 1. The lowest BCUT2D eigenvalue weighted by atomic mass is 9.71. The Bertz CT molecular complexity index is 734. The molecular weight excluding hydrogens is 364 g/mol. The van der Waals surface area contributed by atoms with Gasteiger partial charge in [0.05, 0.1) is 6.61 Å². The van der Waals surface area contributed by atoms with Crippen molar-refractivity contribution in [3.63, 3.8) is 0 Å². The average molecular weight is 401 g/mol. The third-order valence-electron chi connectivity index (χ3n) is 6.28. The molecule has 0 radical (unpaired) electrons. The Morgan fingerprint density at radius 2 is 2.07 bits per heavy atom. The molecule has 0 spiro atoms. The average Bonchev–Trinajstić information content (AvgIpc) is 3.03. The summed E-state index contributed by atoms with van der Waals surface area (Å²) in [6, 6.07) is 0. The molecule has 0 aromatic rings. The van der Waals surface area contributed by atoms with Gasteiger partial charge in [0.1, 0.15) is 12.4 Å². The van der Waals surface area contributed by atoms with Crippen molar-refractivity contribution in [2.24, 2.45) is 5.41 Å². The molecule has 1 unspecified atom stereocenters. The number of carbonyl (C=O) groups excluding carboxylic acids is 2. The van der Waals surface area contributed by atoms with Crippen LogP contribution < -0.4 is 0 Å². The maximum Gasteiger partial charge on any atom is 0.331 e. The van der Waals surface area contributed by atoms with Crippen molar-refractivity contribution < 1.29 is 19.4 Å². The number of aldehydes is 1. The normalized spacial score (nSPS) is 22.6. The van der Waals surface area contributed by atoms with Gasteiger partial charge < -0.3 is 9.84 Å². The molecule has 1 N–H and O–H groups in total. The van der Waals surface area contributed by atoms with Gasteiger partial charge >= 0.3 is 5.97 Å². The second kappa shape index (κ2) is 10.7. The number of hydrogen-bond donors (Lipinski definition) is 1. The summed E-state index contributed by atoms with van der Waals surface area (Å²) in [5.74, 6) is -0.426. The molecule has 4 heteroatoms. The molecule has 2 rings (SSSR count). The van der Waals surface area contributed by atoms with Crippen LogP contribution in [0.5, 0.6) is 0 Å². The van der Waals surface area contributed by atoms with Crippen LogP contribution in [0, 0.1) is 5.41 Å². The van der Waals surface area contributed by atoms with Crippen molar-refractivity contribution in [3.8, 4) is 0 Å². The van der Waals surface area contributed by atoms with Gasteiger partial charge in [0.15, 0.2) is 0 Å². The molecular formula is C25H36O4. The fraction of sp³-hybridized carbons (Fsp3) is 0.600. The first-order valence-corrected chi connectivity index (χ1v) is 10.8. The number of ether oxygens (including phenoxy) is 1. The van der Waals surface area contributed by atoms with Gasteiger partial charge in [-0.15, -0.1) is 0 Å². The summed E-state index contributed by atoms with van der Waals surface area (Å²) in [5, 5.41) is 9.27. The number of carbonyl (C=O) groups is 2. The number of allylic oxidation sites excluding steroid dienone is 5. The highest BCUT2D eigenvalue weighted by Gasteiger charge is 2.27. The summed E-state index contributed by atoms with van der Waals surface area (Å²) >= 11 is 0. The smallest absolute Gasteiger partial charge is 0.331 e. The zero-order valence-corrected chi connectivity index (χ0v) is 18.4. The molecule has 0 amide bonds. The molecule has 160 valence electrons. The monoisotopic (exact) mass is 400 g/mol. The summed E-state index contributed by atoms with van der Waals surface area (Å²) in [4.78, 5) is 22.7. The Labute approximate surface area is 175 Å². The number of hydrogen-bond acceptors (Lipinski definition) is 4. The summed E-state index contributed by atoms with van der Waals surface area (Å²) in [6.07, 6.45) is 13.7. The van der Waals surface area contributed by atoms with Gasteiger partial charge in [-0.25, -0.2) is 4.79 Å². The minimum absolute atomic E-state index is 0.199. The molecule has 0 bridgehead atoms. The Morgan fingerprint density at radius 1 is 1.31 bits per heavy atom. The molecule has 4 nitrogen and oxygen atoms in total. The highest BCUT2D eigenvalue weighted by atomic mass is 16.5. The van der Waals surface area contributed by atoms with Crippen LogP contribution >= 0.6 is 0 Å². The van der Waals surface area contributed by atoms with E-state index in [1.54, 1.807) is 11.1 Å². The molecule has 1 atom stereocenters. The van der Waals surface area contributed by atoms with Gasteiger partial charge in [-0.05, 0) is 69.8 Å². The van der Waals surface area contributed by atoms with E-state index in [0.717, 1.165) is 25.5 Å². The predicted octanol–water partition coefficient (Wildman–Crippen LogP) is 5.38. The predicted molar refractivity (Wildman–Crippen MR) is 116 cm³/mol. The highest BCUT2D eigenvalue weighted by Crippen LogP contribution is 2.42. The highest BCUT2D eigenvalue weighted by molar-refractivity contribution is 5.86. The van der Waals surface area contributed by atoms with Gasteiger partial charge in [0.2, 0.25) is 0 Å². The van der Waals surface area contributed by atoms with E-state index in [1.165, 1.54) is 30.9 Å². The molecule has 0 aromatic carbocycles. The van der Waals surface area contributed by atoms with Crippen molar-refractivity contribution in [1.29, 1.82) is 0 Å². The molecule has 0 saturated heterocycles. The van der Waals surface area contributed by atoms with E-state index in [1.807, 2.05) is 6.08 Å². The van der Waals surface area contributed by atoms with Crippen molar-refractivity contribution >= 4 is 12.3 Å². The zero-order valence-electron chi connectivity index (χ0n) is 18.4. The fourth-order valence-corrected chi connectivity index (χ4v) is 4.44. The summed E-state index contributed by atoms with van der Waals surface area (Å²) in [6.45, 7) is 8.99. The molecule has 0 saturated carbocycles. The SMILES string of the molecule is CC1=C(CC/C(C)=C/CC/C(C=O)=C\CC2OC(=O)C=C2CO)C(C)(C)CCC1. The van der Waals surface area contributed by atoms with Crippen molar-refractivity contribution in [3.05, 3.63) is 46.1 Å².